The highest BCUT2D eigenvalue weighted by atomic mass is 16.4. The first kappa shape index (κ1) is 14.6. The quantitative estimate of drug-likeness (QED) is 0.553. The minimum Gasteiger partial charge on any atom is -0.480 e. The number of aliphatic carboxylic acids is 1. The molecule has 9 heteroatoms. The van der Waals surface area contributed by atoms with E-state index < -0.39 is 23.3 Å². The highest BCUT2D eigenvalue weighted by Gasteiger charge is 2.26. The normalized spacial score (nSPS) is 13.6. The molecule has 0 radical (unpaired) electrons. The molecule has 9 nitrogen and oxygen atoms in total. The number of hydrogen-bond donors (Lipinski definition) is 4. The molecule has 0 aromatic carbocycles. The Kier molecular flexibility index (Phi) is 4.56. The van der Waals surface area contributed by atoms with E-state index in [-0.39, 0.29) is 17.7 Å². The number of nitrogens with one attached hydrogen (secondary N) is 2. The molecule has 1 heterocycles. The van der Waals surface area contributed by atoms with E-state index in [1.165, 1.54) is 0 Å². The molecule has 1 aromatic heterocycles. The molecular formula is C10H15N5O4. The Morgan fingerprint density at radius 2 is 2.26 bits per heavy atom. The average Bonchev–Trinajstić information content (AvgIpc) is 2.34. The predicted octanol–water partition coefficient (Wildman–Crippen LogP) is 0.661. The van der Waals surface area contributed by atoms with E-state index in [0.29, 0.717) is 6.42 Å². The number of nitrogens with two attached hydrogens (primary N) is 1. The van der Waals surface area contributed by atoms with Crippen molar-refractivity contribution < 1.29 is 9.90 Å². The SMILES string of the molecule is CC[C@H](C)[C@H](Nc1nc(N)[nH]c(=O)c1N=O)C(=O)O. The lowest BCUT2D eigenvalue weighted by atomic mass is 9.99. The molecule has 0 aliphatic heterocycles. The summed E-state index contributed by atoms with van der Waals surface area (Å²) in [5.74, 6) is -1.82. The van der Waals surface area contributed by atoms with Gasteiger partial charge < -0.3 is 16.2 Å². The predicted molar refractivity (Wildman–Crippen MR) is 69.2 cm³/mol. The van der Waals surface area contributed by atoms with Crippen molar-refractivity contribution in [2.75, 3.05) is 11.1 Å². The third-order valence-corrected chi connectivity index (χ3v) is 2.78. The zero-order chi connectivity index (χ0) is 14.6. The fourth-order valence-electron chi connectivity index (χ4n) is 1.50. The van der Waals surface area contributed by atoms with Gasteiger partial charge in [0.05, 0.1) is 0 Å². The van der Waals surface area contributed by atoms with Crippen LogP contribution in [0, 0.1) is 10.8 Å². The van der Waals surface area contributed by atoms with Crippen molar-refractivity contribution in [3.63, 3.8) is 0 Å². The number of carboxylic acid groups (broad SMARTS) is 1. The Morgan fingerprint density at radius 1 is 1.63 bits per heavy atom. The smallest absolute Gasteiger partial charge is 0.326 e. The molecule has 104 valence electrons. The molecule has 0 saturated heterocycles. The van der Waals surface area contributed by atoms with Gasteiger partial charge in [0.2, 0.25) is 11.6 Å². The van der Waals surface area contributed by atoms with Crippen LogP contribution < -0.4 is 16.6 Å². The second-order valence-corrected chi connectivity index (χ2v) is 4.09. The van der Waals surface area contributed by atoms with Crippen molar-refractivity contribution in [3.8, 4) is 0 Å². The Hall–Kier alpha value is -2.45. The van der Waals surface area contributed by atoms with Crippen molar-refractivity contribution in [1.29, 1.82) is 0 Å². The highest BCUT2D eigenvalue weighted by Crippen LogP contribution is 2.21. The van der Waals surface area contributed by atoms with Gasteiger partial charge in [-0.05, 0) is 11.1 Å². The fourth-order valence-corrected chi connectivity index (χ4v) is 1.50. The Morgan fingerprint density at radius 3 is 2.74 bits per heavy atom. The van der Waals surface area contributed by atoms with Crippen molar-refractivity contribution in [1.82, 2.24) is 9.97 Å². The maximum atomic E-state index is 11.4. The van der Waals surface area contributed by atoms with E-state index in [1.807, 2.05) is 6.92 Å². The molecule has 0 spiro atoms. The van der Waals surface area contributed by atoms with Crippen LogP contribution >= 0.6 is 0 Å². The molecule has 0 aliphatic rings. The number of nitroso groups, excluding NO2 is 1. The number of nitrogens with zero attached hydrogens (tertiary/aromatic N) is 2. The van der Waals surface area contributed by atoms with Gasteiger partial charge in [0.1, 0.15) is 6.04 Å². The molecule has 0 fully saturated rings. The zero-order valence-electron chi connectivity index (χ0n) is 10.5. The Bertz CT molecular complexity index is 541. The molecule has 1 aromatic rings. The van der Waals surface area contributed by atoms with Gasteiger partial charge in [0, 0.05) is 0 Å². The molecule has 2 atom stereocenters. The largest absolute Gasteiger partial charge is 0.480 e. The van der Waals surface area contributed by atoms with Gasteiger partial charge in [0.25, 0.3) is 5.56 Å². The Labute approximate surface area is 108 Å². The lowest BCUT2D eigenvalue weighted by molar-refractivity contribution is -0.139. The van der Waals surface area contributed by atoms with Gasteiger partial charge in [-0.25, -0.2) is 4.79 Å². The highest BCUT2D eigenvalue weighted by molar-refractivity contribution is 5.78. The maximum Gasteiger partial charge on any atom is 0.326 e. The van der Waals surface area contributed by atoms with E-state index in [9.17, 15) is 14.5 Å². The van der Waals surface area contributed by atoms with Crippen LogP contribution in [0.1, 0.15) is 20.3 Å². The molecule has 0 saturated carbocycles. The van der Waals surface area contributed by atoms with Crippen LogP contribution in [0.2, 0.25) is 0 Å². The maximum absolute atomic E-state index is 11.4. The van der Waals surface area contributed by atoms with Crippen LogP contribution in [0.3, 0.4) is 0 Å². The van der Waals surface area contributed by atoms with Crippen LogP contribution in [0.25, 0.3) is 0 Å². The number of aromatic amines is 1. The number of carboxylic acids is 1. The van der Waals surface area contributed by atoms with Crippen molar-refractivity contribution in [3.05, 3.63) is 15.3 Å². The van der Waals surface area contributed by atoms with E-state index >= 15 is 0 Å². The summed E-state index contributed by atoms with van der Waals surface area (Å²) in [6.45, 7) is 3.54. The number of aromatic nitrogens is 2. The summed E-state index contributed by atoms with van der Waals surface area (Å²) in [5.41, 5.74) is 4.00. The van der Waals surface area contributed by atoms with Gasteiger partial charge in [0.15, 0.2) is 5.82 Å². The van der Waals surface area contributed by atoms with Gasteiger partial charge in [-0.2, -0.15) is 4.98 Å². The molecule has 0 aliphatic carbocycles. The van der Waals surface area contributed by atoms with E-state index in [2.05, 4.69) is 20.5 Å². The van der Waals surface area contributed by atoms with Crippen LogP contribution in [-0.2, 0) is 4.79 Å². The lowest BCUT2D eigenvalue weighted by Gasteiger charge is -2.20. The van der Waals surface area contributed by atoms with Crippen LogP contribution in [-0.4, -0.2) is 27.1 Å². The number of nitrogen functional groups attached to an aromatic ring is 1. The first-order chi connectivity index (χ1) is 8.90. The summed E-state index contributed by atoms with van der Waals surface area (Å²) in [6.07, 6.45) is 0.590. The number of carbonyl (C=O) groups is 1. The number of hydrogen-bond acceptors (Lipinski definition) is 7. The first-order valence-electron chi connectivity index (χ1n) is 5.63. The minimum atomic E-state index is -1.12. The molecule has 1 rings (SSSR count). The van der Waals surface area contributed by atoms with Crippen LogP contribution in [0.4, 0.5) is 17.5 Å². The number of anilines is 2. The topological polar surface area (TPSA) is 151 Å². The van der Waals surface area contributed by atoms with Gasteiger partial charge in [-0.1, -0.05) is 20.3 Å². The minimum absolute atomic E-state index is 0.229. The zero-order valence-corrected chi connectivity index (χ0v) is 10.5. The summed E-state index contributed by atoms with van der Waals surface area (Å²) in [5, 5.41) is 14.2. The first-order valence-corrected chi connectivity index (χ1v) is 5.63. The summed E-state index contributed by atoms with van der Waals surface area (Å²) < 4.78 is 0. The monoisotopic (exact) mass is 269 g/mol. The lowest BCUT2D eigenvalue weighted by Crippen LogP contribution is -2.36. The van der Waals surface area contributed by atoms with Crippen molar-refractivity contribution in [2.24, 2.45) is 11.1 Å². The molecule has 0 bridgehead atoms. The molecule has 5 N–H and O–H groups in total. The number of rotatable bonds is 6. The van der Waals surface area contributed by atoms with E-state index in [4.69, 9.17) is 10.8 Å². The standard InChI is InChI=1S/C10H15N5O4/c1-3-4(2)5(9(17)18)12-7-6(15-19)8(16)14-10(11)13-7/h4-5H,3H2,1-2H3,(H,17,18)(H4,11,12,13,14,16)/t4-,5-/m0/s1. The summed E-state index contributed by atoms with van der Waals surface area (Å²) in [6, 6.07) is -1.00. The Balaban J connectivity index is 3.19. The second kappa shape index (κ2) is 5.94. The molecular weight excluding hydrogens is 254 g/mol. The average molecular weight is 269 g/mol. The third kappa shape index (κ3) is 3.27. The van der Waals surface area contributed by atoms with E-state index in [0.717, 1.165) is 0 Å². The molecule has 0 unspecified atom stereocenters. The summed E-state index contributed by atoms with van der Waals surface area (Å²) >= 11 is 0. The summed E-state index contributed by atoms with van der Waals surface area (Å²) in [4.78, 5) is 39.0. The van der Waals surface area contributed by atoms with E-state index in [1.54, 1.807) is 6.92 Å². The van der Waals surface area contributed by atoms with Crippen LogP contribution in [0.15, 0.2) is 9.97 Å². The molecule has 19 heavy (non-hydrogen) atoms. The molecule has 0 amide bonds. The number of H-pyrrole nitrogens is 1. The van der Waals surface area contributed by atoms with Crippen LogP contribution in [0.5, 0.6) is 0 Å². The fraction of sp³-hybridized carbons (Fsp3) is 0.500. The third-order valence-electron chi connectivity index (χ3n) is 2.78. The van der Waals surface area contributed by atoms with Crippen molar-refractivity contribution in [2.45, 2.75) is 26.3 Å². The summed E-state index contributed by atoms with van der Waals surface area (Å²) in [7, 11) is 0. The van der Waals surface area contributed by atoms with Gasteiger partial charge >= 0.3 is 5.97 Å². The van der Waals surface area contributed by atoms with Gasteiger partial charge in [-0.3, -0.25) is 9.78 Å². The van der Waals surface area contributed by atoms with Gasteiger partial charge in [-0.15, -0.1) is 4.91 Å². The van der Waals surface area contributed by atoms with Crippen molar-refractivity contribution >= 4 is 23.4 Å². The second-order valence-electron chi connectivity index (χ2n) is 4.09.